The predicted molar refractivity (Wildman–Crippen MR) is 22.3 cm³/mol. The maximum atomic E-state index is 11.3. The van der Waals surface area contributed by atoms with Crippen LogP contribution >= 0.6 is 0 Å². The summed E-state index contributed by atoms with van der Waals surface area (Å²) in [4.78, 5) is 0. The Morgan fingerprint density at radius 1 is 0.909 bits per heavy atom. The number of hydrogen-bond acceptors (Lipinski definition) is 1. The second-order valence-corrected chi connectivity index (χ2v) is 1.63. The molecular weight excluding hydrogens is 178 g/mol. The predicted octanol–water partition coefficient (Wildman–Crippen LogP) is 2.29. The summed E-state index contributed by atoms with van der Waals surface area (Å²) in [5.74, 6) is 0. The lowest BCUT2D eigenvalue weighted by Crippen LogP contribution is -2.43. The van der Waals surface area contributed by atoms with E-state index < -0.39 is 18.5 Å². The van der Waals surface area contributed by atoms with Gasteiger partial charge >= 0.3 is 12.4 Å². The average molecular weight is 181 g/mol. The third-order valence-corrected chi connectivity index (χ3v) is 0.761. The van der Waals surface area contributed by atoms with Crippen molar-refractivity contribution in [3.05, 3.63) is 7.11 Å². The van der Waals surface area contributed by atoms with Crippen molar-refractivity contribution < 1.29 is 31.1 Å². The van der Waals surface area contributed by atoms with Crippen molar-refractivity contribution in [3.8, 4) is 0 Å². The molecule has 0 saturated heterocycles. The molecule has 0 N–H and O–H groups in total. The standard InChI is InChI=1S/C4H3F6O/c1-11-2(3(5,6)7)4(8,9)10/h2H,1H2. The van der Waals surface area contributed by atoms with Crippen molar-refractivity contribution in [2.75, 3.05) is 0 Å². The van der Waals surface area contributed by atoms with Crippen LogP contribution in [0.5, 0.6) is 0 Å². The highest BCUT2D eigenvalue weighted by Gasteiger charge is 2.57. The van der Waals surface area contributed by atoms with Crippen LogP contribution in [0, 0.1) is 7.11 Å². The van der Waals surface area contributed by atoms with Crippen molar-refractivity contribution in [2.45, 2.75) is 18.5 Å². The summed E-state index contributed by atoms with van der Waals surface area (Å²) in [7, 11) is 2.08. The summed E-state index contributed by atoms with van der Waals surface area (Å²) < 4.78 is 71.0. The van der Waals surface area contributed by atoms with Gasteiger partial charge in [0, 0.05) is 0 Å². The van der Waals surface area contributed by atoms with Crippen LogP contribution in [0.15, 0.2) is 0 Å². The Hall–Kier alpha value is -0.460. The molecule has 0 aliphatic carbocycles. The monoisotopic (exact) mass is 181 g/mol. The molecule has 11 heavy (non-hydrogen) atoms. The highest BCUT2D eigenvalue weighted by atomic mass is 19.4. The number of hydrogen-bond donors (Lipinski definition) is 0. The van der Waals surface area contributed by atoms with E-state index in [0.29, 0.717) is 0 Å². The summed E-state index contributed by atoms with van der Waals surface area (Å²) >= 11 is 0. The van der Waals surface area contributed by atoms with Gasteiger partial charge in [0.2, 0.25) is 6.10 Å². The Kier molecular flexibility index (Phi) is 2.76. The minimum atomic E-state index is -5.46. The molecule has 0 rings (SSSR count). The molecular formula is C4H3F6O. The van der Waals surface area contributed by atoms with Crippen LogP contribution in [0.25, 0.3) is 0 Å². The van der Waals surface area contributed by atoms with E-state index in [1.165, 1.54) is 0 Å². The highest BCUT2D eigenvalue weighted by molar-refractivity contribution is 4.75. The molecule has 0 atom stereocenters. The molecule has 1 nitrogen and oxygen atoms in total. The van der Waals surface area contributed by atoms with E-state index in [-0.39, 0.29) is 0 Å². The summed E-state index contributed by atoms with van der Waals surface area (Å²) in [6, 6.07) is 0. The first-order valence-electron chi connectivity index (χ1n) is 2.24. The summed E-state index contributed by atoms with van der Waals surface area (Å²) in [6.45, 7) is 0. The zero-order valence-corrected chi connectivity index (χ0v) is 4.96. The van der Waals surface area contributed by atoms with E-state index in [9.17, 15) is 26.3 Å². The first kappa shape index (κ1) is 10.5. The van der Waals surface area contributed by atoms with E-state index in [4.69, 9.17) is 0 Å². The third kappa shape index (κ3) is 2.96. The highest BCUT2D eigenvalue weighted by Crippen LogP contribution is 2.35. The lowest BCUT2D eigenvalue weighted by Gasteiger charge is -2.20. The maximum absolute atomic E-state index is 11.3. The molecule has 1 radical (unpaired) electrons. The lowest BCUT2D eigenvalue weighted by molar-refractivity contribution is -0.310. The zero-order valence-electron chi connectivity index (χ0n) is 4.96. The van der Waals surface area contributed by atoms with Crippen molar-refractivity contribution in [3.63, 3.8) is 0 Å². The Morgan fingerprint density at radius 2 is 1.18 bits per heavy atom. The largest absolute Gasteiger partial charge is 0.423 e. The van der Waals surface area contributed by atoms with Gasteiger partial charge in [0.1, 0.15) is 0 Å². The average Bonchev–Trinajstić information content (AvgIpc) is 1.56. The van der Waals surface area contributed by atoms with Gasteiger partial charge < -0.3 is 4.74 Å². The minimum absolute atomic E-state index is 2.08. The van der Waals surface area contributed by atoms with Gasteiger partial charge in [-0.25, -0.2) is 0 Å². The third-order valence-electron chi connectivity index (χ3n) is 0.761. The van der Waals surface area contributed by atoms with Crippen molar-refractivity contribution in [1.82, 2.24) is 0 Å². The molecule has 0 unspecified atom stereocenters. The Morgan fingerprint density at radius 3 is 1.18 bits per heavy atom. The number of halogens is 6. The van der Waals surface area contributed by atoms with Gasteiger partial charge in [-0.15, -0.1) is 0 Å². The molecule has 0 saturated carbocycles. The zero-order chi connectivity index (χ0) is 9.28. The molecule has 0 aromatic carbocycles. The Balaban J connectivity index is 4.43. The summed E-state index contributed by atoms with van der Waals surface area (Å²) in [6.07, 6.45) is -14.7. The summed E-state index contributed by atoms with van der Waals surface area (Å²) in [5, 5.41) is 0. The van der Waals surface area contributed by atoms with Gasteiger partial charge in [-0.2, -0.15) is 26.3 Å². The SMILES string of the molecule is [CH2]OC(C(F)(F)F)C(F)(F)F. The van der Waals surface area contributed by atoms with Crippen LogP contribution in [0.4, 0.5) is 26.3 Å². The number of alkyl halides is 6. The molecule has 0 fully saturated rings. The van der Waals surface area contributed by atoms with Crippen LogP contribution < -0.4 is 0 Å². The molecule has 0 aliphatic heterocycles. The van der Waals surface area contributed by atoms with Crippen molar-refractivity contribution in [2.24, 2.45) is 0 Å². The maximum Gasteiger partial charge on any atom is 0.423 e. The van der Waals surface area contributed by atoms with Crippen molar-refractivity contribution in [1.29, 1.82) is 0 Å². The van der Waals surface area contributed by atoms with Gasteiger partial charge in [-0.1, -0.05) is 0 Å². The normalized spacial score (nSPS) is 14.2. The Bertz CT molecular complexity index is 110. The van der Waals surface area contributed by atoms with Crippen LogP contribution in [0.3, 0.4) is 0 Å². The van der Waals surface area contributed by atoms with E-state index in [0.717, 1.165) is 0 Å². The van der Waals surface area contributed by atoms with Gasteiger partial charge in [-0.3, -0.25) is 0 Å². The molecule has 0 bridgehead atoms. The molecule has 0 heterocycles. The molecule has 0 aromatic rings. The first-order chi connectivity index (χ1) is 4.69. The fourth-order valence-electron chi connectivity index (χ4n) is 0.375. The van der Waals surface area contributed by atoms with E-state index in [1.54, 1.807) is 0 Å². The second-order valence-electron chi connectivity index (χ2n) is 1.63. The quantitative estimate of drug-likeness (QED) is 0.564. The second kappa shape index (κ2) is 2.88. The van der Waals surface area contributed by atoms with Crippen molar-refractivity contribution >= 4 is 0 Å². The topological polar surface area (TPSA) is 9.23 Å². The van der Waals surface area contributed by atoms with Gasteiger partial charge in [-0.05, 0) is 0 Å². The van der Waals surface area contributed by atoms with Gasteiger partial charge in [0.15, 0.2) is 0 Å². The fraction of sp³-hybridized carbons (Fsp3) is 0.750. The first-order valence-corrected chi connectivity index (χ1v) is 2.24. The fourth-order valence-corrected chi connectivity index (χ4v) is 0.375. The molecule has 0 aromatic heterocycles. The van der Waals surface area contributed by atoms with Gasteiger partial charge in [0.25, 0.3) is 0 Å². The van der Waals surface area contributed by atoms with Crippen LogP contribution in [-0.2, 0) is 4.74 Å². The molecule has 67 valence electrons. The summed E-state index contributed by atoms with van der Waals surface area (Å²) in [5.41, 5.74) is 0. The number of rotatable bonds is 1. The smallest absolute Gasteiger partial charge is 0.359 e. The van der Waals surface area contributed by atoms with E-state index in [1.807, 2.05) is 0 Å². The van der Waals surface area contributed by atoms with Crippen LogP contribution in [0.1, 0.15) is 0 Å². The molecule has 0 amide bonds. The van der Waals surface area contributed by atoms with Crippen LogP contribution in [-0.4, -0.2) is 18.5 Å². The van der Waals surface area contributed by atoms with E-state index in [2.05, 4.69) is 11.8 Å². The number of ether oxygens (including phenoxy) is 1. The Labute approximate surface area is 57.9 Å². The molecule has 7 heteroatoms. The lowest BCUT2D eigenvalue weighted by atomic mass is 10.3. The van der Waals surface area contributed by atoms with Gasteiger partial charge in [0.05, 0.1) is 7.11 Å². The minimum Gasteiger partial charge on any atom is -0.359 e. The molecule has 0 aliphatic rings. The molecule has 0 spiro atoms. The van der Waals surface area contributed by atoms with E-state index >= 15 is 0 Å². The van der Waals surface area contributed by atoms with Crippen LogP contribution in [0.2, 0.25) is 0 Å².